The fourth-order valence-electron chi connectivity index (χ4n) is 5.14. The molecule has 0 unspecified atom stereocenters. The topological polar surface area (TPSA) is 85.0 Å². The highest BCUT2D eigenvalue weighted by Crippen LogP contribution is 2.35. The Bertz CT molecular complexity index is 1110. The number of likely N-dealkylation sites (tertiary alicyclic amines) is 1. The number of morpholine rings is 1. The van der Waals surface area contributed by atoms with E-state index in [0.29, 0.717) is 45.2 Å². The van der Waals surface area contributed by atoms with Crippen LogP contribution >= 0.6 is 0 Å². The van der Waals surface area contributed by atoms with E-state index in [9.17, 15) is 14.4 Å². The van der Waals surface area contributed by atoms with Gasteiger partial charge in [0.05, 0.1) is 13.2 Å². The summed E-state index contributed by atoms with van der Waals surface area (Å²) in [5.74, 6) is 0.581. The van der Waals surface area contributed by atoms with Crippen LogP contribution in [-0.4, -0.2) is 59.7 Å². The highest BCUT2D eigenvalue weighted by molar-refractivity contribution is 5.91. The van der Waals surface area contributed by atoms with Crippen molar-refractivity contribution in [3.8, 4) is 0 Å². The molecule has 8 nitrogen and oxygen atoms in total. The lowest BCUT2D eigenvalue weighted by molar-refractivity contribution is 0.0338. The molecule has 0 saturated carbocycles. The second-order valence-corrected chi connectivity index (χ2v) is 8.86. The maximum Gasteiger partial charge on any atom is 0.289 e. The van der Waals surface area contributed by atoms with Crippen molar-refractivity contribution < 1.29 is 13.9 Å². The Labute approximate surface area is 180 Å². The zero-order valence-corrected chi connectivity index (χ0v) is 17.7. The number of aryl methyl sites for hydroxylation is 1. The van der Waals surface area contributed by atoms with Crippen LogP contribution in [0.4, 0.5) is 0 Å². The van der Waals surface area contributed by atoms with Crippen LogP contribution in [0.3, 0.4) is 0 Å². The first-order valence-electron chi connectivity index (χ1n) is 10.9. The molecular formula is C23H27N3O5. The largest absolute Gasteiger partial charge is 0.456 e. The maximum absolute atomic E-state index is 13.2. The van der Waals surface area contributed by atoms with E-state index in [1.165, 1.54) is 12.1 Å². The van der Waals surface area contributed by atoms with Crippen LogP contribution in [0.25, 0.3) is 0 Å². The lowest BCUT2D eigenvalue weighted by atomic mass is 9.83. The minimum Gasteiger partial charge on any atom is -0.456 e. The van der Waals surface area contributed by atoms with Crippen molar-refractivity contribution in [2.24, 2.45) is 5.92 Å². The molecule has 2 aromatic rings. The number of carbonyl (C=O) groups excluding carboxylic acids is 1. The monoisotopic (exact) mass is 425 g/mol. The zero-order chi connectivity index (χ0) is 21.5. The fourth-order valence-corrected chi connectivity index (χ4v) is 5.14. The van der Waals surface area contributed by atoms with Crippen LogP contribution in [0.15, 0.2) is 38.3 Å². The molecule has 2 bridgehead atoms. The van der Waals surface area contributed by atoms with E-state index in [4.69, 9.17) is 9.15 Å². The third kappa shape index (κ3) is 3.97. The van der Waals surface area contributed by atoms with Crippen molar-refractivity contribution >= 4 is 5.91 Å². The summed E-state index contributed by atoms with van der Waals surface area (Å²) in [6, 6.07) is 6.64. The molecule has 2 atom stereocenters. The van der Waals surface area contributed by atoms with Gasteiger partial charge in [0.2, 0.25) is 0 Å². The first-order valence-corrected chi connectivity index (χ1v) is 10.9. The van der Waals surface area contributed by atoms with Gasteiger partial charge in [-0.15, -0.1) is 0 Å². The Morgan fingerprint density at radius 1 is 1.10 bits per heavy atom. The molecule has 0 N–H and O–H groups in total. The standard InChI is InChI=1S/C23H27N3O5/c1-15-8-19(27)10-21(31-15)23(29)25-11-16-9-18(14-25)20-3-2-17(22(28)26(20)12-16)13-24-4-6-30-7-5-24/h2-3,8,10,16,18H,4-7,9,11-14H2,1H3/t16-,18+/m0/s1. The van der Waals surface area contributed by atoms with E-state index in [0.717, 1.165) is 30.8 Å². The molecule has 5 heterocycles. The zero-order valence-electron chi connectivity index (χ0n) is 17.7. The summed E-state index contributed by atoms with van der Waals surface area (Å²) in [5, 5.41) is 0. The second kappa shape index (κ2) is 8.09. The van der Waals surface area contributed by atoms with Gasteiger partial charge in [0.1, 0.15) is 5.76 Å². The third-order valence-corrected chi connectivity index (χ3v) is 6.57. The summed E-state index contributed by atoms with van der Waals surface area (Å²) in [6.45, 7) is 7.12. The summed E-state index contributed by atoms with van der Waals surface area (Å²) in [7, 11) is 0. The maximum atomic E-state index is 13.2. The number of nitrogens with zero attached hydrogens (tertiary/aromatic N) is 3. The van der Waals surface area contributed by atoms with Crippen LogP contribution in [0.1, 0.15) is 39.9 Å². The minimum atomic E-state index is -0.254. The number of fused-ring (bicyclic) bond motifs is 4. The van der Waals surface area contributed by atoms with Gasteiger partial charge in [-0.3, -0.25) is 19.3 Å². The molecule has 3 aliphatic heterocycles. The Balaban J connectivity index is 1.38. The summed E-state index contributed by atoms with van der Waals surface area (Å²) < 4.78 is 12.8. The number of piperidine rings is 1. The average Bonchev–Trinajstić information content (AvgIpc) is 2.75. The van der Waals surface area contributed by atoms with E-state index in [-0.39, 0.29) is 34.5 Å². The summed E-state index contributed by atoms with van der Waals surface area (Å²) >= 11 is 0. The van der Waals surface area contributed by atoms with Crippen LogP contribution in [0.5, 0.6) is 0 Å². The van der Waals surface area contributed by atoms with Crippen molar-refractivity contribution in [2.45, 2.75) is 32.4 Å². The van der Waals surface area contributed by atoms with Crippen LogP contribution in [-0.2, 0) is 17.8 Å². The Morgan fingerprint density at radius 3 is 2.68 bits per heavy atom. The summed E-state index contributed by atoms with van der Waals surface area (Å²) in [6.07, 6.45) is 0.962. The van der Waals surface area contributed by atoms with E-state index in [2.05, 4.69) is 11.0 Å². The molecule has 0 aromatic carbocycles. The lowest BCUT2D eigenvalue weighted by Crippen LogP contribution is -2.49. The Hall–Kier alpha value is -2.71. The van der Waals surface area contributed by atoms with Crippen LogP contribution in [0, 0.1) is 12.8 Å². The molecule has 164 valence electrons. The molecule has 2 fully saturated rings. The minimum absolute atomic E-state index is 0.0862. The quantitative estimate of drug-likeness (QED) is 0.735. The molecule has 1 amide bonds. The number of aromatic nitrogens is 1. The highest BCUT2D eigenvalue weighted by atomic mass is 16.5. The predicted octanol–water partition coefficient (Wildman–Crippen LogP) is 1.20. The van der Waals surface area contributed by atoms with Gasteiger partial charge in [0, 0.05) is 68.6 Å². The molecule has 2 saturated heterocycles. The average molecular weight is 425 g/mol. The van der Waals surface area contributed by atoms with Gasteiger partial charge in [-0.2, -0.15) is 0 Å². The second-order valence-electron chi connectivity index (χ2n) is 8.86. The Kier molecular flexibility index (Phi) is 5.27. The molecule has 3 aliphatic rings. The number of pyridine rings is 1. The van der Waals surface area contributed by atoms with Gasteiger partial charge in [-0.05, 0) is 25.3 Å². The smallest absolute Gasteiger partial charge is 0.289 e. The van der Waals surface area contributed by atoms with Crippen molar-refractivity contribution in [1.82, 2.24) is 14.4 Å². The molecule has 0 spiro atoms. The molecule has 0 aliphatic carbocycles. The van der Waals surface area contributed by atoms with E-state index in [1.54, 1.807) is 11.8 Å². The summed E-state index contributed by atoms with van der Waals surface area (Å²) in [4.78, 5) is 42.0. The van der Waals surface area contributed by atoms with Gasteiger partial charge >= 0.3 is 0 Å². The normalized spacial score (nSPS) is 23.5. The van der Waals surface area contributed by atoms with Gasteiger partial charge < -0.3 is 18.6 Å². The first kappa shape index (κ1) is 20.2. The molecule has 2 aromatic heterocycles. The van der Waals surface area contributed by atoms with Crippen LogP contribution in [0.2, 0.25) is 0 Å². The molecular weight excluding hydrogens is 398 g/mol. The van der Waals surface area contributed by atoms with E-state index in [1.807, 2.05) is 10.6 Å². The van der Waals surface area contributed by atoms with Gasteiger partial charge in [0.15, 0.2) is 11.2 Å². The number of rotatable bonds is 3. The van der Waals surface area contributed by atoms with Crippen molar-refractivity contribution in [2.75, 3.05) is 39.4 Å². The molecule has 31 heavy (non-hydrogen) atoms. The molecule has 8 heteroatoms. The fraction of sp³-hybridized carbons (Fsp3) is 0.522. The molecule has 0 radical (unpaired) electrons. The Morgan fingerprint density at radius 2 is 1.90 bits per heavy atom. The van der Waals surface area contributed by atoms with Crippen molar-refractivity contribution in [3.05, 3.63) is 67.6 Å². The number of hydrogen-bond acceptors (Lipinski definition) is 6. The van der Waals surface area contributed by atoms with Gasteiger partial charge in [-0.1, -0.05) is 6.07 Å². The SMILES string of the molecule is Cc1cc(=O)cc(C(=O)N2C[C@@H]3C[C@H](C2)c2ccc(CN4CCOCC4)c(=O)n2C3)o1. The first-order chi connectivity index (χ1) is 15.0. The third-order valence-electron chi connectivity index (χ3n) is 6.57. The lowest BCUT2D eigenvalue weighted by Gasteiger charge is -2.42. The highest BCUT2D eigenvalue weighted by Gasteiger charge is 2.37. The van der Waals surface area contributed by atoms with Gasteiger partial charge in [0.25, 0.3) is 11.5 Å². The number of amides is 1. The van der Waals surface area contributed by atoms with Crippen molar-refractivity contribution in [3.63, 3.8) is 0 Å². The van der Waals surface area contributed by atoms with E-state index >= 15 is 0 Å². The summed E-state index contributed by atoms with van der Waals surface area (Å²) in [5.41, 5.74) is 1.67. The van der Waals surface area contributed by atoms with Gasteiger partial charge in [-0.25, -0.2) is 0 Å². The number of ether oxygens (including phenoxy) is 1. The number of hydrogen-bond donors (Lipinski definition) is 0. The van der Waals surface area contributed by atoms with Crippen LogP contribution < -0.4 is 11.0 Å². The van der Waals surface area contributed by atoms with Crippen molar-refractivity contribution in [1.29, 1.82) is 0 Å². The number of carbonyl (C=O) groups is 1. The van der Waals surface area contributed by atoms with E-state index < -0.39 is 0 Å². The molecule has 5 rings (SSSR count). The predicted molar refractivity (Wildman–Crippen MR) is 113 cm³/mol.